The maximum Gasteiger partial charge on any atom is 0.0484 e. The predicted octanol–water partition coefficient (Wildman–Crippen LogP) is 3.94. The summed E-state index contributed by atoms with van der Waals surface area (Å²) in [5.41, 5.74) is 9.23. The predicted molar refractivity (Wildman–Crippen MR) is 70.1 cm³/mol. The lowest BCUT2D eigenvalue weighted by Crippen LogP contribution is -1.93. The van der Waals surface area contributed by atoms with Gasteiger partial charge in [0.15, 0.2) is 0 Å². The highest BCUT2D eigenvalue weighted by molar-refractivity contribution is 6.33. The third-order valence-electron chi connectivity index (χ3n) is 2.44. The summed E-state index contributed by atoms with van der Waals surface area (Å²) in [6.45, 7) is 3.70. The van der Waals surface area contributed by atoms with E-state index in [1.807, 2.05) is 48.5 Å². The first-order valence-electron chi connectivity index (χ1n) is 4.98. The minimum Gasteiger partial charge on any atom is -0.399 e. The molecule has 0 fully saturated rings. The molecule has 0 aliphatic heterocycles. The van der Waals surface area contributed by atoms with Gasteiger partial charge in [0, 0.05) is 16.3 Å². The second-order valence-electron chi connectivity index (χ2n) is 3.58. The van der Waals surface area contributed by atoms with Gasteiger partial charge in [-0.3, -0.25) is 0 Å². The Morgan fingerprint density at radius 3 is 2.19 bits per heavy atom. The van der Waals surface area contributed by atoms with Gasteiger partial charge in [0.25, 0.3) is 0 Å². The summed E-state index contributed by atoms with van der Waals surface area (Å²) in [5, 5.41) is 0.752. The van der Waals surface area contributed by atoms with Crippen LogP contribution in [0.25, 0.3) is 16.8 Å². The molecule has 0 saturated carbocycles. The van der Waals surface area contributed by atoms with Gasteiger partial charge >= 0.3 is 0 Å². The molecule has 0 spiro atoms. The maximum atomic E-state index is 6.12. The molecule has 0 radical (unpaired) electrons. The van der Waals surface area contributed by atoms with E-state index in [2.05, 4.69) is 6.58 Å². The number of hydrogen-bond acceptors (Lipinski definition) is 1. The second-order valence-corrected chi connectivity index (χ2v) is 3.99. The fourth-order valence-corrected chi connectivity index (χ4v) is 1.80. The van der Waals surface area contributed by atoms with Gasteiger partial charge in [0.2, 0.25) is 0 Å². The van der Waals surface area contributed by atoms with Crippen LogP contribution in [0.15, 0.2) is 55.1 Å². The Labute approximate surface area is 100 Å². The van der Waals surface area contributed by atoms with Gasteiger partial charge in [-0.1, -0.05) is 60.6 Å². The van der Waals surface area contributed by atoms with Crippen molar-refractivity contribution in [3.05, 3.63) is 65.7 Å². The molecule has 0 unspecified atom stereocenters. The molecule has 0 aliphatic carbocycles. The molecule has 1 nitrogen and oxygen atoms in total. The van der Waals surface area contributed by atoms with Gasteiger partial charge in [-0.25, -0.2) is 0 Å². The van der Waals surface area contributed by atoms with Gasteiger partial charge in [0.1, 0.15) is 0 Å². The molecule has 2 rings (SSSR count). The Morgan fingerprint density at radius 2 is 1.62 bits per heavy atom. The summed E-state index contributed by atoms with van der Waals surface area (Å²) in [4.78, 5) is 0. The summed E-state index contributed by atoms with van der Waals surface area (Å²) >= 11 is 6.12. The quantitative estimate of drug-likeness (QED) is 0.830. The van der Waals surface area contributed by atoms with Gasteiger partial charge in [0.05, 0.1) is 0 Å². The standard InChI is InChI=1S/C14H12ClN/c1-10(16)11-6-8-12(9-7-11)13-4-2-3-5-14(13)15/h2-9H,1,16H2. The Morgan fingerprint density at radius 1 is 1.00 bits per heavy atom. The van der Waals surface area contributed by atoms with E-state index in [0.717, 1.165) is 21.7 Å². The molecule has 2 aromatic carbocycles. The van der Waals surface area contributed by atoms with E-state index in [0.29, 0.717) is 5.70 Å². The summed E-state index contributed by atoms with van der Waals surface area (Å²) in [7, 11) is 0. The van der Waals surface area contributed by atoms with E-state index >= 15 is 0 Å². The number of rotatable bonds is 2. The van der Waals surface area contributed by atoms with Crippen LogP contribution >= 0.6 is 11.6 Å². The molecular formula is C14H12ClN. The number of halogens is 1. The smallest absolute Gasteiger partial charge is 0.0484 e. The Hall–Kier alpha value is -1.73. The van der Waals surface area contributed by atoms with E-state index in [1.54, 1.807) is 0 Å². The highest BCUT2D eigenvalue weighted by atomic mass is 35.5. The average molecular weight is 230 g/mol. The largest absolute Gasteiger partial charge is 0.399 e. The monoisotopic (exact) mass is 229 g/mol. The van der Waals surface area contributed by atoms with Gasteiger partial charge in [-0.05, 0) is 17.2 Å². The lowest BCUT2D eigenvalue weighted by atomic mass is 10.0. The minimum absolute atomic E-state index is 0.575. The van der Waals surface area contributed by atoms with Gasteiger partial charge < -0.3 is 5.73 Å². The first kappa shape index (κ1) is 10.8. The Kier molecular flexibility index (Phi) is 2.97. The Bertz CT molecular complexity index is 515. The van der Waals surface area contributed by atoms with E-state index in [1.165, 1.54) is 0 Å². The fraction of sp³-hybridized carbons (Fsp3) is 0. The zero-order valence-corrected chi connectivity index (χ0v) is 9.54. The van der Waals surface area contributed by atoms with E-state index in [-0.39, 0.29) is 0 Å². The molecular weight excluding hydrogens is 218 g/mol. The van der Waals surface area contributed by atoms with E-state index in [4.69, 9.17) is 17.3 Å². The number of hydrogen-bond donors (Lipinski definition) is 1. The molecule has 0 amide bonds. The third kappa shape index (κ3) is 2.10. The van der Waals surface area contributed by atoms with Crippen LogP contribution in [0.4, 0.5) is 0 Å². The molecule has 0 heterocycles. The van der Waals surface area contributed by atoms with Crippen LogP contribution in [-0.4, -0.2) is 0 Å². The molecule has 0 aliphatic rings. The van der Waals surface area contributed by atoms with Crippen LogP contribution in [-0.2, 0) is 0 Å². The summed E-state index contributed by atoms with van der Waals surface area (Å²) in [6, 6.07) is 15.6. The molecule has 2 heteroatoms. The van der Waals surface area contributed by atoms with Crippen molar-refractivity contribution in [1.82, 2.24) is 0 Å². The van der Waals surface area contributed by atoms with Gasteiger partial charge in [-0.2, -0.15) is 0 Å². The zero-order chi connectivity index (χ0) is 11.5. The minimum atomic E-state index is 0.575. The SMILES string of the molecule is C=C(N)c1ccc(-c2ccccc2Cl)cc1. The van der Waals surface area contributed by atoms with Crippen LogP contribution < -0.4 is 5.73 Å². The van der Waals surface area contributed by atoms with Crippen LogP contribution in [0.3, 0.4) is 0 Å². The molecule has 0 aromatic heterocycles. The lowest BCUT2D eigenvalue weighted by Gasteiger charge is -2.05. The van der Waals surface area contributed by atoms with Crippen molar-refractivity contribution in [3.8, 4) is 11.1 Å². The number of nitrogens with two attached hydrogens (primary N) is 1. The summed E-state index contributed by atoms with van der Waals surface area (Å²) < 4.78 is 0. The average Bonchev–Trinajstić information content (AvgIpc) is 2.30. The van der Waals surface area contributed by atoms with Crippen LogP contribution in [0.1, 0.15) is 5.56 Å². The van der Waals surface area contributed by atoms with Crippen molar-refractivity contribution < 1.29 is 0 Å². The first-order valence-corrected chi connectivity index (χ1v) is 5.36. The van der Waals surface area contributed by atoms with Gasteiger partial charge in [-0.15, -0.1) is 0 Å². The molecule has 80 valence electrons. The van der Waals surface area contributed by atoms with Crippen molar-refractivity contribution in [3.63, 3.8) is 0 Å². The van der Waals surface area contributed by atoms with Crippen LogP contribution in [0, 0.1) is 0 Å². The van der Waals surface area contributed by atoms with Crippen molar-refractivity contribution in [2.24, 2.45) is 5.73 Å². The topological polar surface area (TPSA) is 26.0 Å². The van der Waals surface area contributed by atoms with Crippen molar-refractivity contribution in [1.29, 1.82) is 0 Å². The normalized spacial score (nSPS) is 10.1. The van der Waals surface area contributed by atoms with Crippen molar-refractivity contribution >= 4 is 17.3 Å². The molecule has 2 aromatic rings. The van der Waals surface area contributed by atoms with Crippen molar-refractivity contribution in [2.45, 2.75) is 0 Å². The lowest BCUT2D eigenvalue weighted by molar-refractivity contribution is 1.52. The van der Waals surface area contributed by atoms with Crippen molar-refractivity contribution in [2.75, 3.05) is 0 Å². The Balaban J connectivity index is 2.43. The van der Waals surface area contributed by atoms with Crippen LogP contribution in [0.5, 0.6) is 0 Å². The molecule has 2 N–H and O–H groups in total. The summed E-state index contributed by atoms with van der Waals surface area (Å²) in [6.07, 6.45) is 0. The molecule has 0 atom stereocenters. The van der Waals surface area contributed by atoms with E-state index in [9.17, 15) is 0 Å². The highest BCUT2D eigenvalue weighted by Gasteiger charge is 2.02. The summed E-state index contributed by atoms with van der Waals surface area (Å²) in [5.74, 6) is 0. The second kappa shape index (κ2) is 4.42. The number of benzene rings is 2. The molecule has 0 saturated heterocycles. The highest BCUT2D eigenvalue weighted by Crippen LogP contribution is 2.27. The fourth-order valence-electron chi connectivity index (χ4n) is 1.56. The maximum absolute atomic E-state index is 6.12. The first-order chi connectivity index (χ1) is 7.68. The third-order valence-corrected chi connectivity index (χ3v) is 2.77. The zero-order valence-electron chi connectivity index (χ0n) is 8.78. The van der Waals surface area contributed by atoms with E-state index < -0.39 is 0 Å². The molecule has 16 heavy (non-hydrogen) atoms. The van der Waals surface area contributed by atoms with Crippen LogP contribution in [0.2, 0.25) is 5.02 Å². The molecule has 0 bridgehead atoms.